The van der Waals surface area contributed by atoms with Gasteiger partial charge in [-0.1, -0.05) is 5.21 Å². The van der Waals surface area contributed by atoms with Crippen LogP contribution >= 0.6 is 27.3 Å². The van der Waals surface area contributed by atoms with Crippen LogP contribution in [0.15, 0.2) is 22.1 Å². The standard InChI is InChI=1S/C12H17BrN4S/c1-12(2,3)14-5-10-6-17(16-15-10)7-11-4-9(13)8-18-11/h4,6,8,14H,5,7H2,1-3H3. The molecule has 4 nitrogen and oxygen atoms in total. The SMILES string of the molecule is CC(C)(C)NCc1cn(Cc2cc(Br)cs2)nn1. The van der Waals surface area contributed by atoms with E-state index < -0.39 is 0 Å². The Kier molecular flexibility index (Phi) is 4.19. The summed E-state index contributed by atoms with van der Waals surface area (Å²) < 4.78 is 3.00. The summed E-state index contributed by atoms with van der Waals surface area (Å²) in [6, 6.07) is 2.11. The lowest BCUT2D eigenvalue weighted by atomic mass is 10.1. The Morgan fingerprint density at radius 2 is 2.22 bits per heavy atom. The van der Waals surface area contributed by atoms with Gasteiger partial charge in [-0.3, -0.25) is 0 Å². The number of nitrogens with zero attached hydrogens (tertiary/aromatic N) is 3. The summed E-state index contributed by atoms with van der Waals surface area (Å²) in [4.78, 5) is 1.27. The van der Waals surface area contributed by atoms with Crippen LogP contribution in [-0.4, -0.2) is 20.5 Å². The molecule has 0 spiro atoms. The molecule has 0 radical (unpaired) electrons. The van der Waals surface area contributed by atoms with Gasteiger partial charge in [-0.25, -0.2) is 4.68 Å². The third-order valence-electron chi connectivity index (χ3n) is 2.33. The lowest BCUT2D eigenvalue weighted by molar-refractivity contribution is 0.421. The highest BCUT2D eigenvalue weighted by atomic mass is 79.9. The summed E-state index contributed by atoms with van der Waals surface area (Å²) in [7, 11) is 0. The molecule has 2 aromatic heterocycles. The van der Waals surface area contributed by atoms with Crippen molar-refractivity contribution in [2.75, 3.05) is 0 Å². The second-order valence-electron chi connectivity index (χ2n) is 5.24. The largest absolute Gasteiger partial charge is 0.306 e. The molecule has 0 atom stereocenters. The molecule has 2 rings (SSSR count). The van der Waals surface area contributed by atoms with Crippen molar-refractivity contribution in [3.05, 3.63) is 32.7 Å². The van der Waals surface area contributed by atoms with Gasteiger partial charge in [0.05, 0.1) is 18.4 Å². The third-order valence-corrected chi connectivity index (χ3v) is 4.01. The molecule has 2 heterocycles. The Balaban J connectivity index is 1.94. The summed E-state index contributed by atoms with van der Waals surface area (Å²) >= 11 is 5.17. The predicted molar refractivity (Wildman–Crippen MR) is 77.7 cm³/mol. The summed E-state index contributed by atoms with van der Waals surface area (Å²) in [6.07, 6.45) is 1.99. The van der Waals surface area contributed by atoms with Crippen LogP contribution in [-0.2, 0) is 13.1 Å². The van der Waals surface area contributed by atoms with E-state index in [0.29, 0.717) is 0 Å². The van der Waals surface area contributed by atoms with Gasteiger partial charge in [0.2, 0.25) is 0 Å². The van der Waals surface area contributed by atoms with Gasteiger partial charge in [-0.2, -0.15) is 0 Å². The van der Waals surface area contributed by atoms with Crippen LogP contribution in [0.4, 0.5) is 0 Å². The van der Waals surface area contributed by atoms with Crippen LogP contribution in [0.1, 0.15) is 31.3 Å². The molecule has 0 amide bonds. The molecule has 2 aromatic rings. The minimum atomic E-state index is 0.0996. The number of rotatable bonds is 4. The van der Waals surface area contributed by atoms with E-state index in [4.69, 9.17) is 0 Å². The molecule has 0 aliphatic carbocycles. The summed E-state index contributed by atoms with van der Waals surface area (Å²) in [5.74, 6) is 0. The second-order valence-corrected chi connectivity index (χ2v) is 7.15. The molecule has 6 heteroatoms. The van der Waals surface area contributed by atoms with Crippen LogP contribution in [0.25, 0.3) is 0 Å². The highest BCUT2D eigenvalue weighted by molar-refractivity contribution is 9.10. The van der Waals surface area contributed by atoms with Crippen molar-refractivity contribution >= 4 is 27.3 Å². The topological polar surface area (TPSA) is 42.7 Å². The Morgan fingerprint density at radius 1 is 1.44 bits per heavy atom. The fourth-order valence-electron chi connectivity index (χ4n) is 1.45. The van der Waals surface area contributed by atoms with Gasteiger partial charge in [-0.15, -0.1) is 16.4 Å². The number of aromatic nitrogens is 3. The molecule has 98 valence electrons. The highest BCUT2D eigenvalue weighted by Gasteiger charge is 2.10. The smallest absolute Gasteiger partial charge is 0.0965 e. The van der Waals surface area contributed by atoms with Crippen molar-refractivity contribution in [3.63, 3.8) is 0 Å². The van der Waals surface area contributed by atoms with Crippen LogP contribution in [0, 0.1) is 0 Å². The number of nitrogens with one attached hydrogen (secondary N) is 1. The summed E-state index contributed by atoms with van der Waals surface area (Å²) in [5.41, 5.74) is 1.07. The van der Waals surface area contributed by atoms with Gasteiger partial charge < -0.3 is 5.32 Å². The molecule has 1 N–H and O–H groups in total. The molecule has 0 fully saturated rings. The Morgan fingerprint density at radius 3 is 2.83 bits per heavy atom. The first-order chi connectivity index (χ1) is 8.42. The zero-order chi connectivity index (χ0) is 13.2. The number of hydrogen-bond donors (Lipinski definition) is 1. The van der Waals surface area contributed by atoms with Crippen LogP contribution in [0.5, 0.6) is 0 Å². The number of thiophene rings is 1. The van der Waals surface area contributed by atoms with Crippen LogP contribution < -0.4 is 5.32 Å². The Labute approximate surface area is 120 Å². The quantitative estimate of drug-likeness (QED) is 0.938. The minimum Gasteiger partial charge on any atom is -0.306 e. The summed E-state index contributed by atoms with van der Waals surface area (Å²) in [5, 5.41) is 13.8. The maximum Gasteiger partial charge on any atom is 0.0965 e. The van der Waals surface area contributed by atoms with Crippen molar-refractivity contribution in [2.45, 2.75) is 39.4 Å². The first-order valence-corrected chi connectivity index (χ1v) is 7.46. The summed E-state index contributed by atoms with van der Waals surface area (Å²) in [6.45, 7) is 7.94. The van der Waals surface area contributed by atoms with Crippen molar-refractivity contribution in [1.82, 2.24) is 20.3 Å². The molecule has 0 saturated heterocycles. The Bertz CT molecular complexity index is 512. The normalized spacial score (nSPS) is 12.0. The molecule has 0 aliphatic rings. The van der Waals surface area contributed by atoms with E-state index in [1.54, 1.807) is 11.3 Å². The average Bonchev–Trinajstić information content (AvgIpc) is 2.85. The van der Waals surface area contributed by atoms with E-state index in [1.165, 1.54) is 4.88 Å². The maximum absolute atomic E-state index is 4.17. The van der Waals surface area contributed by atoms with Crippen molar-refractivity contribution in [2.24, 2.45) is 0 Å². The fraction of sp³-hybridized carbons (Fsp3) is 0.500. The zero-order valence-corrected chi connectivity index (χ0v) is 13.2. The molecule has 0 bridgehead atoms. The molecular formula is C12H17BrN4S. The maximum atomic E-state index is 4.17. The van der Waals surface area contributed by atoms with E-state index in [0.717, 1.165) is 23.3 Å². The molecular weight excluding hydrogens is 312 g/mol. The van der Waals surface area contributed by atoms with E-state index >= 15 is 0 Å². The van der Waals surface area contributed by atoms with Crippen molar-refractivity contribution < 1.29 is 0 Å². The fourth-order valence-corrected chi connectivity index (χ4v) is 2.89. The molecule has 18 heavy (non-hydrogen) atoms. The van der Waals surface area contributed by atoms with Crippen molar-refractivity contribution in [3.8, 4) is 0 Å². The monoisotopic (exact) mass is 328 g/mol. The second kappa shape index (κ2) is 5.50. The van der Waals surface area contributed by atoms with Gasteiger partial charge in [0, 0.05) is 26.8 Å². The highest BCUT2D eigenvalue weighted by Crippen LogP contribution is 2.20. The van der Waals surface area contributed by atoms with E-state index in [2.05, 4.69) is 63.8 Å². The zero-order valence-electron chi connectivity index (χ0n) is 10.8. The van der Waals surface area contributed by atoms with Crippen LogP contribution in [0.2, 0.25) is 0 Å². The third kappa shape index (κ3) is 4.19. The molecule has 0 aliphatic heterocycles. The van der Waals surface area contributed by atoms with E-state index in [9.17, 15) is 0 Å². The molecule has 0 aromatic carbocycles. The van der Waals surface area contributed by atoms with Gasteiger partial charge in [0.1, 0.15) is 0 Å². The predicted octanol–water partition coefficient (Wildman–Crippen LogP) is 3.04. The van der Waals surface area contributed by atoms with Gasteiger partial charge >= 0.3 is 0 Å². The minimum absolute atomic E-state index is 0.0996. The number of hydrogen-bond acceptors (Lipinski definition) is 4. The van der Waals surface area contributed by atoms with Crippen molar-refractivity contribution in [1.29, 1.82) is 0 Å². The van der Waals surface area contributed by atoms with Gasteiger partial charge in [-0.05, 0) is 42.8 Å². The first-order valence-electron chi connectivity index (χ1n) is 5.79. The Hall–Kier alpha value is -0.720. The molecule has 0 unspecified atom stereocenters. The van der Waals surface area contributed by atoms with E-state index in [-0.39, 0.29) is 5.54 Å². The lowest BCUT2D eigenvalue weighted by Crippen LogP contribution is -2.35. The number of halogens is 1. The van der Waals surface area contributed by atoms with Crippen LogP contribution in [0.3, 0.4) is 0 Å². The van der Waals surface area contributed by atoms with Gasteiger partial charge in [0.25, 0.3) is 0 Å². The van der Waals surface area contributed by atoms with E-state index in [1.807, 2.05) is 10.9 Å². The molecule has 0 saturated carbocycles. The average molecular weight is 329 g/mol. The first kappa shape index (κ1) is 13.7. The lowest BCUT2D eigenvalue weighted by Gasteiger charge is -2.19. The van der Waals surface area contributed by atoms with Gasteiger partial charge in [0.15, 0.2) is 0 Å².